The molecule has 0 radical (unpaired) electrons. The second-order valence-corrected chi connectivity index (χ2v) is 14.1. The molecule has 10 atom stereocenters. The summed E-state index contributed by atoms with van der Waals surface area (Å²) in [5.74, 6) is -2.25. The lowest BCUT2D eigenvalue weighted by Crippen LogP contribution is -2.65. The van der Waals surface area contributed by atoms with Crippen LogP contribution in [0, 0.1) is 39.9 Å². The van der Waals surface area contributed by atoms with Crippen molar-refractivity contribution in [2.45, 2.75) is 78.3 Å². The first kappa shape index (κ1) is 31.1. The molecule has 10 heteroatoms. The molecule has 4 N–H and O–H groups in total. The number of benzene rings is 1. The van der Waals surface area contributed by atoms with Crippen LogP contribution in [0.1, 0.15) is 70.2 Å². The Kier molecular flexibility index (Phi) is 8.14. The molecule has 3 unspecified atom stereocenters. The van der Waals surface area contributed by atoms with Crippen LogP contribution in [-0.4, -0.2) is 66.5 Å². The summed E-state index contributed by atoms with van der Waals surface area (Å²) < 4.78 is 17.0. The number of halogens is 1. The van der Waals surface area contributed by atoms with E-state index in [-0.39, 0.29) is 52.8 Å². The number of cyclic esters (lactones) is 1. The molecule has 0 amide bonds. The Hall–Kier alpha value is -2.33. The minimum Gasteiger partial charge on any atom is -0.502 e. The first-order valence-corrected chi connectivity index (χ1v) is 15.3. The zero-order chi connectivity index (χ0) is 30.8. The first-order chi connectivity index (χ1) is 19.7. The SMILES string of the molecule is CNc1ccc(Cl)cc1C(=O)OC[C@@]1(C)C2CC[C@@]3(C)C(C[C@H](OC)[C@H](C)[C@@H]3C3=C(O)C(=O)OC3O)[C@]2(C)CC[C@@H]1O. The number of carbonyl (C=O) groups excluding carboxylic acids is 2. The molecule has 3 fully saturated rings. The maximum absolute atomic E-state index is 13.3. The highest BCUT2D eigenvalue weighted by atomic mass is 35.5. The number of nitrogens with one attached hydrogen (secondary N) is 1. The highest BCUT2D eigenvalue weighted by Gasteiger charge is 2.67. The Balaban J connectivity index is 1.49. The maximum Gasteiger partial charge on any atom is 0.376 e. The van der Waals surface area contributed by atoms with Gasteiger partial charge in [0.25, 0.3) is 0 Å². The number of carbonyl (C=O) groups is 2. The molecule has 0 aromatic heterocycles. The predicted molar refractivity (Wildman–Crippen MR) is 157 cm³/mol. The van der Waals surface area contributed by atoms with Crippen molar-refractivity contribution in [1.82, 2.24) is 0 Å². The minimum atomic E-state index is -1.49. The van der Waals surface area contributed by atoms with Gasteiger partial charge < -0.3 is 34.8 Å². The number of aliphatic hydroxyl groups is 3. The smallest absolute Gasteiger partial charge is 0.376 e. The van der Waals surface area contributed by atoms with Gasteiger partial charge in [0, 0.05) is 36.2 Å². The first-order valence-electron chi connectivity index (χ1n) is 14.9. The van der Waals surface area contributed by atoms with E-state index >= 15 is 0 Å². The van der Waals surface area contributed by atoms with E-state index in [0.717, 1.165) is 25.7 Å². The summed E-state index contributed by atoms with van der Waals surface area (Å²) in [6.07, 6.45) is 1.21. The van der Waals surface area contributed by atoms with Gasteiger partial charge in [-0.1, -0.05) is 39.3 Å². The molecule has 0 bridgehead atoms. The van der Waals surface area contributed by atoms with Gasteiger partial charge in [-0.05, 0) is 78.9 Å². The standard InChI is InChI=1S/C32H44ClNO8/c1-16-20(40-6)14-22-30(2)12-10-23(35)32(4,15-41-27(37)18-13-17(33)7-8-19(18)34-5)21(30)9-11-31(22,3)25(16)24-26(36)29(39)42-28(24)38/h7-8,13,16,20-23,25,28,34-36,38H,9-12,14-15H2,1-6H3/t16-,20-,21?,22?,23-,25+,28?,30+,31-,32-/m0/s1. The lowest BCUT2D eigenvalue weighted by atomic mass is 9.37. The van der Waals surface area contributed by atoms with E-state index in [4.69, 9.17) is 25.8 Å². The molecular formula is C32H44ClNO8. The molecule has 1 aromatic rings. The van der Waals surface area contributed by atoms with E-state index in [0.29, 0.717) is 22.7 Å². The number of aliphatic hydroxyl groups excluding tert-OH is 3. The molecule has 0 saturated heterocycles. The molecule has 42 heavy (non-hydrogen) atoms. The normalized spacial score (nSPS) is 41.5. The molecule has 1 aliphatic heterocycles. The average Bonchev–Trinajstić information content (AvgIpc) is 3.19. The van der Waals surface area contributed by atoms with Gasteiger partial charge in [0.2, 0.25) is 12.0 Å². The highest BCUT2D eigenvalue weighted by molar-refractivity contribution is 6.31. The number of hydrogen-bond donors (Lipinski definition) is 4. The number of esters is 2. The summed E-state index contributed by atoms with van der Waals surface area (Å²) in [6.45, 7) is 8.58. The van der Waals surface area contributed by atoms with Crippen LogP contribution in [0.4, 0.5) is 5.69 Å². The van der Waals surface area contributed by atoms with Crippen LogP contribution in [0.2, 0.25) is 5.02 Å². The van der Waals surface area contributed by atoms with Gasteiger partial charge in [-0.2, -0.15) is 0 Å². The number of hydrogen-bond acceptors (Lipinski definition) is 9. The highest BCUT2D eigenvalue weighted by Crippen LogP contribution is 2.70. The third-order valence-corrected chi connectivity index (χ3v) is 12.0. The quantitative estimate of drug-likeness (QED) is 0.327. The lowest BCUT2D eigenvalue weighted by molar-refractivity contribution is -0.226. The molecule has 1 aromatic carbocycles. The number of methoxy groups -OCH3 is 1. The predicted octanol–water partition coefficient (Wildman–Crippen LogP) is 5.10. The zero-order valence-electron chi connectivity index (χ0n) is 25.3. The molecule has 0 spiro atoms. The maximum atomic E-state index is 13.3. The molecule has 9 nitrogen and oxygen atoms in total. The van der Waals surface area contributed by atoms with Crippen LogP contribution >= 0.6 is 11.6 Å². The third-order valence-electron chi connectivity index (χ3n) is 11.7. The fourth-order valence-corrected chi connectivity index (χ4v) is 9.85. The third kappa shape index (κ3) is 4.62. The molecule has 3 saturated carbocycles. The van der Waals surface area contributed by atoms with Crippen molar-refractivity contribution in [2.24, 2.45) is 39.9 Å². The van der Waals surface area contributed by atoms with Crippen molar-refractivity contribution >= 4 is 29.2 Å². The van der Waals surface area contributed by atoms with Crippen molar-refractivity contribution in [1.29, 1.82) is 0 Å². The summed E-state index contributed by atoms with van der Waals surface area (Å²) in [5, 5.41) is 36.4. The largest absolute Gasteiger partial charge is 0.502 e. The number of rotatable bonds is 6. The number of ether oxygens (including phenoxy) is 3. The summed E-state index contributed by atoms with van der Waals surface area (Å²) in [6, 6.07) is 5.01. The van der Waals surface area contributed by atoms with Crippen molar-refractivity contribution in [2.75, 3.05) is 26.1 Å². The van der Waals surface area contributed by atoms with Gasteiger partial charge in [-0.15, -0.1) is 0 Å². The summed E-state index contributed by atoms with van der Waals surface area (Å²) >= 11 is 6.18. The van der Waals surface area contributed by atoms with Gasteiger partial charge in [0.05, 0.1) is 30.0 Å². The molecule has 4 aliphatic rings. The summed E-state index contributed by atoms with van der Waals surface area (Å²) in [7, 11) is 3.40. The molecular weight excluding hydrogens is 562 g/mol. The monoisotopic (exact) mass is 605 g/mol. The van der Waals surface area contributed by atoms with E-state index in [1.54, 1.807) is 32.4 Å². The Morgan fingerprint density at radius 1 is 1.14 bits per heavy atom. The van der Waals surface area contributed by atoms with Crippen LogP contribution in [0.3, 0.4) is 0 Å². The zero-order valence-corrected chi connectivity index (χ0v) is 26.0. The van der Waals surface area contributed by atoms with E-state index in [2.05, 4.69) is 19.2 Å². The average molecular weight is 606 g/mol. The Bertz CT molecular complexity index is 1280. The molecule has 1 heterocycles. The Morgan fingerprint density at radius 3 is 2.45 bits per heavy atom. The van der Waals surface area contributed by atoms with Crippen molar-refractivity contribution in [3.63, 3.8) is 0 Å². The van der Waals surface area contributed by atoms with Crippen LogP contribution in [0.25, 0.3) is 0 Å². The van der Waals surface area contributed by atoms with Crippen molar-refractivity contribution in [3.05, 3.63) is 40.1 Å². The van der Waals surface area contributed by atoms with Gasteiger partial charge >= 0.3 is 11.9 Å². The van der Waals surface area contributed by atoms with Gasteiger partial charge in [-0.25, -0.2) is 9.59 Å². The van der Waals surface area contributed by atoms with E-state index < -0.39 is 35.5 Å². The van der Waals surface area contributed by atoms with Crippen LogP contribution < -0.4 is 5.32 Å². The fourth-order valence-electron chi connectivity index (χ4n) is 9.67. The van der Waals surface area contributed by atoms with E-state index in [1.807, 2.05) is 13.8 Å². The van der Waals surface area contributed by atoms with Gasteiger partial charge in [-0.3, -0.25) is 0 Å². The summed E-state index contributed by atoms with van der Waals surface area (Å²) in [5.41, 5.74) is -0.182. The Labute approximate surface area is 252 Å². The van der Waals surface area contributed by atoms with E-state index in [1.165, 1.54) is 0 Å². The van der Waals surface area contributed by atoms with Gasteiger partial charge in [0.15, 0.2) is 0 Å². The van der Waals surface area contributed by atoms with Crippen LogP contribution in [0.5, 0.6) is 0 Å². The topological polar surface area (TPSA) is 135 Å². The minimum absolute atomic E-state index is 0.0169. The van der Waals surface area contributed by atoms with Crippen molar-refractivity contribution < 1.29 is 39.1 Å². The Morgan fingerprint density at radius 2 is 1.83 bits per heavy atom. The summed E-state index contributed by atoms with van der Waals surface area (Å²) in [4.78, 5) is 25.5. The van der Waals surface area contributed by atoms with Crippen LogP contribution in [-0.2, 0) is 19.0 Å². The lowest BCUT2D eigenvalue weighted by Gasteiger charge is -2.68. The van der Waals surface area contributed by atoms with Gasteiger partial charge in [0.1, 0.15) is 0 Å². The van der Waals surface area contributed by atoms with Crippen LogP contribution in [0.15, 0.2) is 29.5 Å². The number of fused-ring (bicyclic) bond motifs is 3. The second kappa shape index (κ2) is 11.0. The fraction of sp³-hybridized carbons (Fsp3) is 0.688. The van der Waals surface area contributed by atoms with Crippen molar-refractivity contribution in [3.8, 4) is 0 Å². The molecule has 3 aliphatic carbocycles. The molecule has 232 valence electrons. The number of anilines is 1. The van der Waals surface area contributed by atoms with E-state index in [9.17, 15) is 24.9 Å². The molecule has 5 rings (SSSR count). The second-order valence-electron chi connectivity index (χ2n) is 13.6.